The molecule has 1 aliphatic heterocycles. The van der Waals surface area contributed by atoms with E-state index >= 15 is 0 Å². The molecule has 2 aliphatic carbocycles. The summed E-state index contributed by atoms with van der Waals surface area (Å²) >= 11 is 0. The molecule has 1 aromatic rings. The van der Waals surface area contributed by atoms with Gasteiger partial charge in [0.15, 0.2) is 11.8 Å². The molecule has 11 heteroatoms. The van der Waals surface area contributed by atoms with Gasteiger partial charge in [0.1, 0.15) is 6.61 Å². The number of benzene rings is 1. The Kier molecular flexibility index (Phi) is 7.08. The van der Waals surface area contributed by atoms with E-state index in [-0.39, 0.29) is 54.9 Å². The molecular formula is C22H28F2N4O5. The van der Waals surface area contributed by atoms with Crippen LogP contribution in [0.15, 0.2) is 18.2 Å². The molecule has 1 heterocycles. The number of anilines is 2. The van der Waals surface area contributed by atoms with Gasteiger partial charge in [0.25, 0.3) is 11.8 Å². The number of alkyl halides is 2. The second-order valence-electron chi connectivity index (χ2n) is 8.57. The zero-order valence-electron chi connectivity index (χ0n) is 18.2. The molecule has 9 nitrogen and oxygen atoms in total. The van der Waals surface area contributed by atoms with Gasteiger partial charge in [0.05, 0.1) is 12.3 Å². The summed E-state index contributed by atoms with van der Waals surface area (Å²) in [5.74, 6) is -2.00. The highest BCUT2D eigenvalue weighted by Crippen LogP contribution is 2.37. The molecule has 1 saturated heterocycles. The Balaban J connectivity index is 1.56. The molecule has 0 spiro atoms. The van der Waals surface area contributed by atoms with Gasteiger partial charge in [-0.1, -0.05) is 12.8 Å². The molecule has 2 saturated carbocycles. The SMILES string of the molecule is NC(=O)[C@@H](C(=O)Nc1ccc(N2CCOCC2=O)c(OC(F)F)c1)N(C1CCC1)C1CCC1. The van der Waals surface area contributed by atoms with E-state index in [1.807, 2.05) is 4.90 Å². The maximum Gasteiger partial charge on any atom is 0.387 e. The third-order valence-corrected chi connectivity index (χ3v) is 6.53. The van der Waals surface area contributed by atoms with Gasteiger partial charge < -0.3 is 25.4 Å². The summed E-state index contributed by atoms with van der Waals surface area (Å²) in [7, 11) is 0. The van der Waals surface area contributed by atoms with E-state index in [9.17, 15) is 23.2 Å². The second-order valence-corrected chi connectivity index (χ2v) is 8.57. The molecule has 1 atom stereocenters. The van der Waals surface area contributed by atoms with E-state index in [0.717, 1.165) is 38.5 Å². The highest BCUT2D eigenvalue weighted by Gasteiger charge is 2.43. The summed E-state index contributed by atoms with van der Waals surface area (Å²) in [4.78, 5) is 40.8. The summed E-state index contributed by atoms with van der Waals surface area (Å²) in [6.07, 6.45) is 5.70. The minimum absolute atomic E-state index is 0.131. The number of ether oxygens (including phenoxy) is 2. The lowest BCUT2D eigenvalue weighted by atomic mass is 9.83. The number of rotatable bonds is 9. The summed E-state index contributed by atoms with van der Waals surface area (Å²) < 4.78 is 35.8. The molecule has 3 aliphatic rings. The number of nitrogens with zero attached hydrogens (tertiary/aromatic N) is 2. The fourth-order valence-electron chi connectivity index (χ4n) is 4.49. The van der Waals surface area contributed by atoms with Gasteiger partial charge >= 0.3 is 6.61 Å². The molecule has 4 rings (SSSR count). The van der Waals surface area contributed by atoms with Crippen LogP contribution in [0.2, 0.25) is 0 Å². The number of hydrogen-bond donors (Lipinski definition) is 2. The predicted octanol–water partition coefficient (Wildman–Crippen LogP) is 1.85. The van der Waals surface area contributed by atoms with Crippen molar-refractivity contribution in [3.63, 3.8) is 0 Å². The summed E-state index contributed by atoms with van der Waals surface area (Å²) in [6, 6.07) is 3.23. The van der Waals surface area contributed by atoms with E-state index in [1.165, 1.54) is 23.1 Å². The molecule has 0 aromatic heterocycles. The van der Waals surface area contributed by atoms with E-state index in [4.69, 9.17) is 10.5 Å². The number of carbonyl (C=O) groups excluding carboxylic acids is 3. The lowest BCUT2D eigenvalue weighted by molar-refractivity contribution is -0.138. The molecule has 3 N–H and O–H groups in total. The van der Waals surface area contributed by atoms with Gasteiger partial charge in [-0.2, -0.15) is 8.78 Å². The molecule has 180 valence electrons. The first-order valence-corrected chi connectivity index (χ1v) is 11.2. The van der Waals surface area contributed by atoms with E-state index < -0.39 is 24.5 Å². The molecule has 1 aromatic carbocycles. The fraction of sp³-hybridized carbons (Fsp3) is 0.591. The number of amides is 3. The highest BCUT2D eigenvalue weighted by atomic mass is 19.3. The number of carbonyl (C=O) groups is 3. The quantitative estimate of drug-likeness (QED) is 0.537. The Labute approximate surface area is 190 Å². The third kappa shape index (κ3) is 5.09. The van der Waals surface area contributed by atoms with Gasteiger partial charge in [0, 0.05) is 30.4 Å². The molecule has 33 heavy (non-hydrogen) atoms. The minimum Gasteiger partial charge on any atom is -0.433 e. The van der Waals surface area contributed by atoms with Crippen LogP contribution in [0.25, 0.3) is 0 Å². The van der Waals surface area contributed by atoms with Crippen LogP contribution in [-0.4, -0.2) is 67.1 Å². The molecule has 3 fully saturated rings. The lowest BCUT2D eigenvalue weighted by Gasteiger charge is -2.48. The van der Waals surface area contributed by atoms with Crippen molar-refractivity contribution in [3.8, 4) is 5.75 Å². The average Bonchev–Trinajstić information content (AvgIpc) is 2.65. The molecule has 0 radical (unpaired) electrons. The van der Waals surface area contributed by atoms with Crippen LogP contribution in [0, 0.1) is 0 Å². The monoisotopic (exact) mass is 466 g/mol. The van der Waals surface area contributed by atoms with Crippen LogP contribution >= 0.6 is 0 Å². The van der Waals surface area contributed by atoms with Crippen molar-refractivity contribution in [2.24, 2.45) is 5.73 Å². The first-order chi connectivity index (χ1) is 15.8. The zero-order valence-corrected chi connectivity index (χ0v) is 18.2. The van der Waals surface area contributed by atoms with Gasteiger partial charge in [-0.15, -0.1) is 0 Å². The first kappa shape index (κ1) is 23.4. The maximum atomic E-state index is 13.1. The highest BCUT2D eigenvalue weighted by molar-refractivity contribution is 6.10. The number of nitrogens with one attached hydrogen (secondary N) is 1. The zero-order chi connectivity index (χ0) is 23.5. The average molecular weight is 466 g/mol. The van der Waals surface area contributed by atoms with E-state index in [2.05, 4.69) is 10.1 Å². The van der Waals surface area contributed by atoms with Crippen molar-refractivity contribution < 1.29 is 32.6 Å². The molecular weight excluding hydrogens is 438 g/mol. The van der Waals surface area contributed by atoms with Gasteiger partial charge in [-0.05, 0) is 37.8 Å². The van der Waals surface area contributed by atoms with Crippen molar-refractivity contribution in [3.05, 3.63) is 18.2 Å². The normalized spacial score (nSPS) is 20.4. The van der Waals surface area contributed by atoms with Crippen LogP contribution in [0.1, 0.15) is 38.5 Å². The molecule has 0 unspecified atom stereocenters. The van der Waals surface area contributed by atoms with Crippen molar-refractivity contribution in [2.45, 2.75) is 63.3 Å². The Hall–Kier alpha value is -2.79. The van der Waals surface area contributed by atoms with Crippen molar-refractivity contribution in [1.82, 2.24) is 4.90 Å². The molecule has 0 bridgehead atoms. The lowest BCUT2D eigenvalue weighted by Crippen LogP contribution is -2.62. The standard InChI is InChI=1S/C22H28F2N4O5/c23-22(24)33-17-11-13(7-8-16(17)27-9-10-32-12-18(27)29)26-21(31)19(20(25)30)28(14-3-1-4-14)15-5-2-6-15/h7-8,11,14-15,19,22H,1-6,9-10,12H2,(H2,25,30)(H,26,31)/t19-/m0/s1. The van der Waals surface area contributed by atoms with E-state index in [1.54, 1.807) is 0 Å². The Bertz CT molecular complexity index is 893. The smallest absolute Gasteiger partial charge is 0.387 e. The largest absolute Gasteiger partial charge is 0.433 e. The van der Waals surface area contributed by atoms with Gasteiger partial charge in [-0.3, -0.25) is 19.3 Å². The predicted molar refractivity (Wildman–Crippen MR) is 115 cm³/mol. The summed E-state index contributed by atoms with van der Waals surface area (Å²) in [5, 5.41) is 2.63. The molecule has 3 amide bonds. The second kappa shape index (κ2) is 10.0. The Morgan fingerprint density at radius 2 is 1.85 bits per heavy atom. The number of nitrogens with two attached hydrogens (primary N) is 1. The topological polar surface area (TPSA) is 114 Å². The van der Waals surface area contributed by atoms with Crippen LogP contribution in [0.3, 0.4) is 0 Å². The van der Waals surface area contributed by atoms with Crippen LogP contribution < -0.4 is 20.7 Å². The van der Waals surface area contributed by atoms with Crippen LogP contribution in [-0.2, 0) is 19.1 Å². The van der Waals surface area contributed by atoms with Crippen molar-refractivity contribution in [2.75, 3.05) is 30.0 Å². The van der Waals surface area contributed by atoms with Crippen LogP contribution in [0.5, 0.6) is 5.75 Å². The Morgan fingerprint density at radius 1 is 1.18 bits per heavy atom. The number of primary amides is 1. The van der Waals surface area contributed by atoms with Crippen molar-refractivity contribution in [1.29, 1.82) is 0 Å². The minimum atomic E-state index is -3.13. The first-order valence-electron chi connectivity index (χ1n) is 11.2. The summed E-state index contributed by atoms with van der Waals surface area (Å²) in [6.45, 7) is -2.84. The van der Waals surface area contributed by atoms with Gasteiger partial charge in [-0.25, -0.2) is 0 Å². The van der Waals surface area contributed by atoms with Gasteiger partial charge in [0.2, 0.25) is 5.91 Å². The van der Waals surface area contributed by atoms with Crippen LogP contribution in [0.4, 0.5) is 20.2 Å². The van der Waals surface area contributed by atoms with Crippen molar-refractivity contribution >= 4 is 29.1 Å². The van der Waals surface area contributed by atoms with E-state index in [0.29, 0.717) is 0 Å². The number of halogens is 2. The Morgan fingerprint density at radius 3 is 2.36 bits per heavy atom. The number of morpholine rings is 1. The fourth-order valence-corrected chi connectivity index (χ4v) is 4.49. The summed E-state index contributed by atoms with van der Waals surface area (Å²) in [5.41, 5.74) is 5.95. The number of hydrogen-bond acceptors (Lipinski definition) is 6. The maximum absolute atomic E-state index is 13.1. The third-order valence-electron chi connectivity index (χ3n) is 6.53.